The van der Waals surface area contributed by atoms with Crippen molar-refractivity contribution in [3.63, 3.8) is 0 Å². The summed E-state index contributed by atoms with van der Waals surface area (Å²) >= 11 is 8.63. The maximum absolute atomic E-state index is 14.4. The van der Waals surface area contributed by atoms with E-state index < -0.39 is 46.4 Å². The summed E-state index contributed by atoms with van der Waals surface area (Å²) in [5.41, 5.74) is -0.543. The van der Waals surface area contributed by atoms with Crippen LogP contribution in [0.2, 0.25) is 4.34 Å². The van der Waals surface area contributed by atoms with E-state index in [0.29, 0.717) is 54.4 Å². The number of likely N-dealkylation sites (tertiary alicyclic amines) is 1. The summed E-state index contributed by atoms with van der Waals surface area (Å²) in [6, 6.07) is 4.43. The summed E-state index contributed by atoms with van der Waals surface area (Å²) in [6.07, 6.45) is -2.96. The second-order valence-corrected chi connectivity index (χ2v) is 15.9. The molecule has 3 aromatic heterocycles. The number of pyridine rings is 1. The van der Waals surface area contributed by atoms with Gasteiger partial charge in [0.25, 0.3) is 5.91 Å². The van der Waals surface area contributed by atoms with Crippen LogP contribution in [0.5, 0.6) is 5.75 Å². The maximum atomic E-state index is 14.4. The lowest BCUT2D eigenvalue weighted by Gasteiger charge is -2.45. The van der Waals surface area contributed by atoms with Crippen molar-refractivity contribution in [2.45, 2.75) is 76.3 Å². The summed E-state index contributed by atoms with van der Waals surface area (Å²) < 4.78 is 87.8. The Morgan fingerprint density at radius 2 is 1.79 bits per heavy atom. The van der Waals surface area contributed by atoms with Gasteiger partial charge in [-0.15, -0.1) is 22.7 Å². The largest absolute Gasteiger partial charge is 0.496 e. The van der Waals surface area contributed by atoms with Crippen molar-refractivity contribution in [3.8, 4) is 5.75 Å². The first-order valence-corrected chi connectivity index (χ1v) is 19.7. The molecule has 3 aliphatic heterocycles. The fraction of sp³-hybridized carbons (Fsp3) is 0.583. The van der Waals surface area contributed by atoms with Gasteiger partial charge in [-0.25, -0.2) is 0 Å². The number of carbonyl (C=O) groups is 2. The zero-order chi connectivity index (χ0) is 38.3. The quantitative estimate of drug-likeness (QED) is 0.201. The highest BCUT2D eigenvalue weighted by Gasteiger charge is 2.45. The number of hydrogen-bond donors (Lipinski definition) is 0. The van der Waals surface area contributed by atoms with Gasteiger partial charge in [0.1, 0.15) is 16.3 Å². The van der Waals surface area contributed by atoms with Crippen molar-refractivity contribution in [2.24, 2.45) is 5.92 Å². The number of nitrogens with zero attached hydrogens (tertiary/aromatic N) is 4. The van der Waals surface area contributed by atoms with E-state index in [1.54, 1.807) is 11.3 Å². The van der Waals surface area contributed by atoms with Gasteiger partial charge in [0.15, 0.2) is 0 Å². The third-order valence-corrected chi connectivity index (χ3v) is 12.1. The normalized spacial score (nSPS) is 21.1. The van der Waals surface area contributed by atoms with E-state index in [9.17, 15) is 35.9 Å². The number of piperidine rings is 1. The molecule has 2 amide bonds. The smallest absolute Gasteiger partial charge is 0.425 e. The molecule has 0 aromatic carbocycles. The average molecular weight is 809 g/mol. The number of carbonyl (C=O) groups excluding carboxylic acids is 2. The van der Waals surface area contributed by atoms with Gasteiger partial charge in [-0.2, -0.15) is 26.3 Å². The highest BCUT2D eigenvalue weighted by atomic mass is 35.5. The first-order chi connectivity index (χ1) is 25.2. The van der Waals surface area contributed by atoms with Gasteiger partial charge >= 0.3 is 12.4 Å². The molecular formula is C36H43ClF6N4O4S2. The third kappa shape index (κ3) is 10.2. The standard InChI is InChI=1S/C30H38ClF3N4O3S.C6H5F3OS/c1-2-6-23-20(7-4-13-37(23)29(40)27-22(30(32,33)34)8-3-11-35-27)28(39)38-14-10-25-21(19-26(31)42-25)24(38)9-5-12-36-15-17-41-18-16-36;1-10-4-2-5(11-3-4)6(7,8)9/h3,8,11,19-20,23-24H,2,4-7,9-10,12-18H2,1H3;2-3H,1H3/t20-,23-,24?;/m1./s1. The lowest BCUT2D eigenvalue weighted by Crippen LogP contribution is -2.55. The molecule has 2 saturated heterocycles. The molecule has 0 aliphatic carbocycles. The molecule has 2 fully saturated rings. The summed E-state index contributed by atoms with van der Waals surface area (Å²) in [7, 11) is 1.34. The Bertz CT molecular complexity index is 1680. The molecule has 6 rings (SSSR count). The summed E-state index contributed by atoms with van der Waals surface area (Å²) in [5.74, 6) is -1.01. The Morgan fingerprint density at radius 3 is 2.43 bits per heavy atom. The lowest BCUT2D eigenvalue weighted by molar-refractivity contribution is -0.143. The Morgan fingerprint density at radius 1 is 1.04 bits per heavy atom. The molecule has 0 spiro atoms. The first kappa shape index (κ1) is 41.2. The Balaban J connectivity index is 0.000000422. The van der Waals surface area contributed by atoms with Crippen LogP contribution in [0.4, 0.5) is 26.3 Å². The van der Waals surface area contributed by atoms with Gasteiger partial charge in [-0.1, -0.05) is 24.9 Å². The highest BCUT2D eigenvalue weighted by molar-refractivity contribution is 7.16. The van der Waals surface area contributed by atoms with Crippen LogP contribution < -0.4 is 4.74 Å². The molecule has 3 aliphatic rings. The van der Waals surface area contributed by atoms with Crippen molar-refractivity contribution in [2.75, 3.05) is 53.0 Å². The third-order valence-electron chi connectivity index (χ3n) is 9.81. The van der Waals surface area contributed by atoms with Gasteiger partial charge in [0.2, 0.25) is 5.91 Å². The zero-order valence-electron chi connectivity index (χ0n) is 29.5. The van der Waals surface area contributed by atoms with Crippen LogP contribution in [0.15, 0.2) is 35.8 Å². The molecule has 3 atom stereocenters. The predicted octanol–water partition coefficient (Wildman–Crippen LogP) is 8.85. The van der Waals surface area contributed by atoms with E-state index >= 15 is 0 Å². The number of amides is 2. The number of aromatic nitrogens is 1. The topological polar surface area (TPSA) is 75.2 Å². The second kappa shape index (κ2) is 18.1. The number of fused-ring (bicyclic) bond motifs is 1. The van der Waals surface area contributed by atoms with Crippen LogP contribution >= 0.6 is 34.3 Å². The minimum absolute atomic E-state index is 0.0210. The monoisotopic (exact) mass is 808 g/mol. The first-order valence-electron chi connectivity index (χ1n) is 17.6. The number of halogens is 7. The van der Waals surface area contributed by atoms with E-state index in [1.807, 2.05) is 17.9 Å². The molecular weight excluding hydrogens is 766 g/mol. The summed E-state index contributed by atoms with van der Waals surface area (Å²) in [5, 5.41) is 1.32. The summed E-state index contributed by atoms with van der Waals surface area (Å²) in [6.45, 7) is 7.02. The molecule has 0 radical (unpaired) electrons. The van der Waals surface area contributed by atoms with E-state index in [4.69, 9.17) is 16.3 Å². The van der Waals surface area contributed by atoms with E-state index in [2.05, 4.69) is 14.6 Å². The number of rotatable bonds is 9. The molecule has 3 aromatic rings. The van der Waals surface area contributed by atoms with Crippen molar-refractivity contribution < 1.29 is 45.4 Å². The van der Waals surface area contributed by atoms with Gasteiger partial charge in [0, 0.05) is 54.7 Å². The average Bonchev–Trinajstić information content (AvgIpc) is 3.79. The number of ether oxygens (including phenoxy) is 2. The number of morpholine rings is 1. The Kier molecular flexibility index (Phi) is 14.1. The maximum Gasteiger partial charge on any atom is 0.425 e. The summed E-state index contributed by atoms with van der Waals surface area (Å²) in [4.78, 5) is 38.3. The van der Waals surface area contributed by atoms with E-state index in [1.165, 1.54) is 34.5 Å². The fourth-order valence-electron chi connectivity index (χ4n) is 7.32. The van der Waals surface area contributed by atoms with E-state index in [-0.39, 0.29) is 17.7 Å². The number of thiophene rings is 2. The van der Waals surface area contributed by atoms with Gasteiger partial charge < -0.3 is 19.3 Å². The Labute approximate surface area is 318 Å². The van der Waals surface area contributed by atoms with Crippen LogP contribution in [-0.2, 0) is 28.3 Å². The molecule has 1 unspecified atom stereocenters. The van der Waals surface area contributed by atoms with Crippen LogP contribution in [-0.4, -0.2) is 90.6 Å². The SMILES string of the molecule is CCC[C@@H]1[C@H](C(=O)N2CCc3sc(Cl)cc3C2CCCN2CCOCC2)CCCN1C(=O)c1ncccc1C(F)(F)F.COc1csc(C(F)(F)F)c1. The van der Waals surface area contributed by atoms with E-state index in [0.717, 1.165) is 69.8 Å². The highest BCUT2D eigenvalue weighted by Crippen LogP contribution is 2.42. The lowest BCUT2D eigenvalue weighted by atomic mass is 9.83. The van der Waals surface area contributed by atoms with Gasteiger partial charge in [-0.3, -0.25) is 19.5 Å². The fourth-order valence-corrected chi connectivity index (χ4v) is 9.37. The van der Waals surface area contributed by atoms with Crippen LogP contribution in [0.3, 0.4) is 0 Å². The van der Waals surface area contributed by atoms with Crippen LogP contribution in [0.1, 0.15) is 82.9 Å². The molecule has 6 heterocycles. The number of alkyl halides is 6. The zero-order valence-corrected chi connectivity index (χ0v) is 31.9. The Hall–Kier alpha value is -2.92. The van der Waals surface area contributed by atoms with Crippen molar-refractivity contribution in [1.82, 2.24) is 19.7 Å². The van der Waals surface area contributed by atoms with Crippen molar-refractivity contribution >= 4 is 46.1 Å². The molecule has 0 saturated carbocycles. The molecule has 53 heavy (non-hydrogen) atoms. The van der Waals surface area contributed by atoms with Crippen LogP contribution in [0.25, 0.3) is 0 Å². The minimum Gasteiger partial charge on any atom is -0.496 e. The number of hydrogen-bond acceptors (Lipinski definition) is 8. The van der Waals surface area contributed by atoms with Crippen molar-refractivity contribution in [1.29, 1.82) is 0 Å². The molecule has 0 N–H and O–H groups in total. The number of methoxy groups -OCH3 is 1. The van der Waals surface area contributed by atoms with Crippen LogP contribution in [0, 0.1) is 5.92 Å². The second-order valence-electron chi connectivity index (χ2n) is 13.2. The van der Waals surface area contributed by atoms with Crippen molar-refractivity contribution in [3.05, 3.63) is 66.8 Å². The molecule has 8 nitrogen and oxygen atoms in total. The molecule has 292 valence electrons. The predicted molar refractivity (Wildman–Crippen MR) is 192 cm³/mol. The van der Waals surface area contributed by atoms with Gasteiger partial charge in [0.05, 0.1) is 42.2 Å². The minimum atomic E-state index is -4.70. The molecule has 17 heteroatoms. The molecule has 0 bridgehead atoms. The van der Waals surface area contributed by atoms with Gasteiger partial charge in [-0.05, 0) is 68.8 Å².